The van der Waals surface area contributed by atoms with Gasteiger partial charge in [-0.25, -0.2) is 11.0 Å². The van der Waals surface area contributed by atoms with E-state index < -0.39 is 30.9 Å². The van der Waals surface area contributed by atoms with Gasteiger partial charge < -0.3 is 4.85 Å². The fraction of sp³-hybridized carbons (Fsp3) is 0.875. The number of rotatable bonds is 4. The number of hydrogen-bond acceptors (Lipinski definition) is 0. The Balaban J connectivity index is 4.66. The minimum atomic E-state index is -5.98. The molecule has 0 atom stereocenters. The van der Waals surface area contributed by atoms with Crippen molar-refractivity contribution in [2.75, 3.05) is 6.54 Å². The van der Waals surface area contributed by atoms with Crippen molar-refractivity contribution < 1.29 is 30.7 Å². The molecule has 8 heteroatoms. The van der Waals surface area contributed by atoms with E-state index in [-0.39, 0.29) is 13.0 Å². The van der Waals surface area contributed by atoms with Crippen molar-refractivity contribution >= 4 is 0 Å². The van der Waals surface area contributed by atoms with Crippen LogP contribution in [0.5, 0.6) is 0 Å². The van der Waals surface area contributed by atoms with Crippen LogP contribution in [0.3, 0.4) is 0 Å². The van der Waals surface area contributed by atoms with Crippen LogP contribution in [0.4, 0.5) is 30.7 Å². The van der Waals surface area contributed by atoms with Crippen LogP contribution in [-0.2, 0) is 0 Å². The van der Waals surface area contributed by atoms with Crippen molar-refractivity contribution in [1.29, 1.82) is 0 Å². The number of alkyl halides is 7. The van der Waals surface area contributed by atoms with Crippen LogP contribution in [0, 0.1) is 6.57 Å². The SMILES string of the molecule is [C-]#[N+]CCCCC(F)(C(F)(F)F)C(F)(F)F. The molecule has 0 fully saturated rings. The first kappa shape index (κ1) is 15.0. The molecule has 94 valence electrons. The highest BCUT2D eigenvalue weighted by Crippen LogP contribution is 2.49. The molecule has 0 heterocycles. The molecule has 0 bridgehead atoms. The Morgan fingerprint density at radius 2 is 1.25 bits per heavy atom. The Hall–Kier alpha value is -1.00. The van der Waals surface area contributed by atoms with Gasteiger partial charge in [0.2, 0.25) is 6.54 Å². The summed E-state index contributed by atoms with van der Waals surface area (Å²) in [6.45, 7) is 6.05. The summed E-state index contributed by atoms with van der Waals surface area (Å²) in [5, 5.41) is 0. The average Bonchev–Trinajstić information content (AvgIpc) is 2.08. The Morgan fingerprint density at radius 1 is 0.812 bits per heavy atom. The van der Waals surface area contributed by atoms with E-state index in [1.807, 2.05) is 0 Å². The van der Waals surface area contributed by atoms with Gasteiger partial charge in [0.1, 0.15) is 0 Å². The molecule has 0 aliphatic carbocycles. The van der Waals surface area contributed by atoms with Gasteiger partial charge in [-0.3, -0.25) is 0 Å². The minimum absolute atomic E-state index is 0.193. The van der Waals surface area contributed by atoms with Crippen molar-refractivity contribution in [2.45, 2.75) is 37.3 Å². The van der Waals surface area contributed by atoms with Crippen LogP contribution in [0.15, 0.2) is 0 Å². The molecule has 0 aromatic carbocycles. The van der Waals surface area contributed by atoms with Crippen molar-refractivity contribution in [3.63, 3.8) is 0 Å². The normalized spacial score (nSPS) is 13.6. The number of unbranched alkanes of at least 4 members (excludes halogenated alkanes) is 1. The summed E-state index contributed by atoms with van der Waals surface area (Å²) in [5.74, 6) is 0. The van der Waals surface area contributed by atoms with Crippen molar-refractivity contribution in [1.82, 2.24) is 0 Å². The average molecular weight is 251 g/mol. The smallest absolute Gasteiger partial charge is 0.317 e. The molecule has 0 unspecified atom stereocenters. The second-order valence-electron chi connectivity index (χ2n) is 3.14. The van der Waals surface area contributed by atoms with Gasteiger partial charge in [0.25, 0.3) is 5.67 Å². The first-order valence-electron chi connectivity index (χ1n) is 4.22. The van der Waals surface area contributed by atoms with Gasteiger partial charge in [0.05, 0.1) is 0 Å². The Labute approximate surface area is 87.1 Å². The van der Waals surface area contributed by atoms with Crippen molar-refractivity contribution in [2.24, 2.45) is 0 Å². The third-order valence-electron chi connectivity index (χ3n) is 1.94. The van der Waals surface area contributed by atoms with E-state index in [0.717, 1.165) is 0 Å². The lowest BCUT2D eigenvalue weighted by Gasteiger charge is -2.29. The second-order valence-corrected chi connectivity index (χ2v) is 3.14. The van der Waals surface area contributed by atoms with Gasteiger partial charge in [-0.1, -0.05) is 0 Å². The van der Waals surface area contributed by atoms with Crippen LogP contribution in [-0.4, -0.2) is 24.6 Å². The maximum Gasteiger partial charge on any atom is 0.431 e. The first-order valence-corrected chi connectivity index (χ1v) is 4.22. The lowest BCUT2D eigenvalue weighted by Crippen LogP contribution is -2.53. The summed E-state index contributed by atoms with van der Waals surface area (Å²) in [6.07, 6.45) is -14.5. The predicted molar refractivity (Wildman–Crippen MR) is 41.3 cm³/mol. The van der Waals surface area contributed by atoms with Crippen LogP contribution in [0.2, 0.25) is 0 Å². The first-order chi connectivity index (χ1) is 7.06. The fourth-order valence-electron chi connectivity index (χ4n) is 1.00. The van der Waals surface area contributed by atoms with Crippen LogP contribution in [0.25, 0.3) is 4.85 Å². The summed E-state index contributed by atoms with van der Waals surface area (Å²) in [6, 6.07) is 0. The molecule has 0 aliphatic rings. The second kappa shape index (κ2) is 4.89. The molecule has 0 saturated heterocycles. The van der Waals surface area contributed by atoms with E-state index in [1.165, 1.54) is 0 Å². The van der Waals surface area contributed by atoms with Gasteiger partial charge >= 0.3 is 12.4 Å². The zero-order valence-corrected chi connectivity index (χ0v) is 7.92. The lowest BCUT2D eigenvalue weighted by molar-refractivity contribution is -0.343. The minimum Gasteiger partial charge on any atom is -0.317 e. The van der Waals surface area contributed by atoms with E-state index in [1.54, 1.807) is 0 Å². The Kier molecular flexibility index (Phi) is 4.58. The van der Waals surface area contributed by atoms with Gasteiger partial charge in [0.15, 0.2) is 0 Å². The fourth-order valence-corrected chi connectivity index (χ4v) is 1.00. The van der Waals surface area contributed by atoms with Crippen LogP contribution < -0.4 is 0 Å². The van der Waals surface area contributed by atoms with E-state index in [2.05, 4.69) is 4.85 Å². The molecule has 0 N–H and O–H groups in total. The van der Waals surface area contributed by atoms with Gasteiger partial charge in [-0.15, -0.1) is 0 Å². The zero-order chi connectivity index (χ0) is 13.0. The molecule has 0 aromatic heterocycles. The molecule has 0 rings (SSSR count). The maximum atomic E-state index is 12.9. The number of hydrogen-bond donors (Lipinski definition) is 0. The third kappa shape index (κ3) is 3.25. The van der Waals surface area contributed by atoms with E-state index in [9.17, 15) is 30.7 Å². The topological polar surface area (TPSA) is 4.36 Å². The van der Waals surface area contributed by atoms with Gasteiger partial charge in [0, 0.05) is 6.42 Å². The molecule has 0 amide bonds. The zero-order valence-electron chi connectivity index (χ0n) is 7.92. The third-order valence-corrected chi connectivity index (χ3v) is 1.94. The highest BCUT2D eigenvalue weighted by Gasteiger charge is 2.71. The molecular formula is C8H8F7N. The molecule has 0 saturated carbocycles. The summed E-state index contributed by atoms with van der Waals surface area (Å²) >= 11 is 0. The van der Waals surface area contributed by atoms with Crippen LogP contribution in [0.1, 0.15) is 19.3 Å². The quantitative estimate of drug-likeness (QED) is 0.405. The largest absolute Gasteiger partial charge is 0.431 e. The van der Waals surface area contributed by atoms with Crippen molar-refractivity contribution in [3.05, 3.63) is 11.4 Å². The van der Waals surface area contributed by atoms with E-state index in [4.69, 9.17) is 6.57 Å². The van der Waals surface area contributed by atoms with Gasteiger partial charge in [-0.05, 0) is 12.8 Å². The summed E-state index contributed by atoms with van der Waals surface area (Å²) in [4.78, 5) is 2.74. The standard InChI is InChI=1S/C8H8F7N/c1-16-5-3-2-4-6(9,7(10,11)12)8(13,14)15/h2-5H2. The summed E-state index contributed by atoms with van der Waals surface area (Å²) < 4.78 is 84.6. The number of nitrogens with zero attached hydrogens (tertiary/aromatic N) is 1. The molecule has 0 radical (unpaired) electrons. The van der Waals surface area contributed by atoms with E-state index >= 15 is 0 Å². The van der Waals surface area contributed by atoms with Crippen molar-refractivity contribution in [3.8, 4) is 0 Å². The lowest BCUT2D eigenvalue weighted by atomic mass is 9.97. The van der Waals surface area contributed by atoms with E-state index in [0.29, 0.717) is 0 Å². The molecule has 1 nitrogen and oxygen atoms in total. The van der Waals surface area contributed by atoms with Gasteiger partial charge in [-0.2, -0.15) is 26.3 Å². The highest BCUT2D eigenvalue weighted by atomic mass is 19.4. The molecule has 0 spiro atoms. The monoisotopic (exact) mass is 251 g/mol. The molecule has 16 heavy (non-hydrogen) atoms. The Morgan fingerprint density at radius 3 is 1.56 bits per heavy atom. The summed E-state index contributed by atoms with van der Waals surface area (Å²) in [5.41, 5.74) is -5.18. The molecule has 0 aromatic rings. The summed E-state index contributed by atoms with van der Waals surface area (Å²) in [7, 11) is 0. The molecular weight excluding hydrogens is 243 g/mol. The Bertz CT molecular complexity index is 245. The van der Waals surface area contributed by atoms with Crippen LogP contribution >= 0.6 is 0 Å². The predicted octanol–water partition coefficient (Wildman–Crippen LogP) is 3.91. The number of halogens is 7. The molecule has 0 aliphatic heterocycles. The highest BCUT2D eigenvalue weighted by molar-refractivity contribution is 4.94. The maximum absolute atomic E-state index is 12.9.